The van der Waals surface area contributed by atoms with Gasteiger partial charge in [-0.3, -0.25) is 4.90 Å². The third kappa shape index (κ3) is 4.27. The number of ether oxygens (including phenoxy) is 1. The van der Waals surface area contributed by atoms with E-state index in [-0.39, 0.29) is 5.92 Å². The van der Waals surface area contributed by atoms with E-state index < -0.39 is 0 Å². The van der Waals surface area contributed by atoms with Crippen molar-refractivity contribution in [2.24, 2.45) is 5.73 Å². The summed E-state index contributed by atoms with van der Waals surface area (Å²) >= 11 is 5.27. The number of piperidine rings is 1. The highest BCUT2D eigenvalue weighted by atomic mass is 32.1. The largest absolute Gasteiger partial charge is 0.393 e. The zero-order valence-corrected chi connectivity index (χ0v) is 12.9. The number of thiocarbonyl (C=S) groups is 1. The maximum atomic E-state index is 5.95. The fourth-order valence-corrected chi connectivity index (χ4v) is 3.06. The van der Waals surface area contributed by atoms with Crippen LogP contribution in [-0.2, 0) is 4.74 Å². The Balaban J connectivity index is 2.00. The fourth-order valence-electron chi connectivity index (χ4n) is 2.85. The molecule has 1 heterocycles. The summed E-state index contributed by atoms with van der Waals surface area (Å²) in [5.74, 6) is 0.131. The van der Waals surface area contributed by atoms with E-state index in [4.69, 9.17) is 22.7 Å². The van der Waals surface area contributed by atoms with Gasteiger partial charge in [0, 0.05) is 25.6 Å². The molecule has 1 fully saturated rings. The average Bonchev–Trinajstić information content (AvgIpc) is 2.46. The van der Waals surface area contributed by atoms with Crippen LogP contribution in [0.4, 0.5) is 0 Å². The Labute approximate surface area is 127 Å². The summed E-state index contributed by atoms with van der Waals surface area (Å²) in [6.07, 6.45) is 2.70. The molecule has 1 aromatic carbocycles. The van der Waals surface area contributed by atoms with Crippen LogP contribution in [0.3, 0.4) is 0 Å². The minimum absolute atomic E-state index is 0.131. The van der Waals surface area contributed by atoms with Crippen LogP contribution >= 0.6 is 12.2 Å². The van der Waals surface area contributed by atoms with Gasteiger partial charge in [0.1, 0.15) is 0 Å². The Kier molecular flexibility index (Phi) is 5.95. The maximum absolute atomic E-state index is 5.95. The van der Waals surface area contributed by atoms with E-state index in [1.54, 1.807) is 0 Å². The van der Waals surface area contributed by atoms with Crippen molar-refractivity contribution in [1.82, 2.24) is 4.90 Å². The van der Waals surface area contributed by atoms with Crippen LogP contribution in [0.15, 0.2) is 30.3 Å². The van der Waals surface area contributed by atoms with Crippen LogP contribution in [0.25, 0.3) is 0 Å². The second-order valence-corrected chi connectivity index (χ2v) is 5.82. The molecule has 20 heavy (non-hydrogen) atoms. The van der Waals surface area contributed by atoms with Gasteiger partial charge in [0.25, 0.3) is 0 Å². The van der Waals surface area contributed by atoms with Crippen molar-refractivity contribution in [2.45, 2.75) is 31.8 Å². The third-order valence-corrected chi connectivity index (χ3v) is 4.14. The van der Waals surface area contributed by atoms with Gasteiger partial charge >= 0.3 is 0 Å². The third-order valence-electron chi connectivity index (χ3n) is 3.85. The van der Waals surface area contributed by atoms with E-state index in [9.17, 15) is 0 Å². The second-order valence-electron chi connectivity index (χ2n) is 5.34. The van der Waals surface area contributed by atoms with Crippen molar-refractivity contribution in [2.75, 3.05) is 26.2 Å². The zero-order chi connectivity index (χ0) is 14.4. The molecule has 1 aromatic rings. The SMILES string of the molecule is CCOC1CCCN(CC(C(N)=S)c2ccccc2)C1. The van der Waals surface area contributed by atoms with Crippen molar-refractivity contribution < 1.29 is 4.74 Å². The molecular formula is C16H24N2OS. The number of hydrogen-bond acceptors (Lipinski definition) is 3. The monoisotopic (exact) mass is 292 g/mol. The summed E-state index contributed by atoms with van der Waals surface area (Å²) in [5.41, 5.74) is 7.16. The van der Waals surface area contributed by atoms with Crippen molar-refractivity contribution in [3.05, 3.63) is 35.9 Å². The molecule has 2 N–H and O–H groups in total. The first kappa shape index (κ1) is 15.4. The molecular weight excluding hydrogens is 268 g/mol. The molecule has 0 saturated carbocycles. The summed E-state index contributed by atoms with van der Waals surface area (Å²) < 4.78 is 5.76. The van der Waals surface area contributed by atoms with Crippen LogP contribution < -0.4 is 5.73 Å². The predicted octanol–water partition coefficient (Wildman–Crippen LogP) is 2.56. The smallest absolute Gasteiger partial charge is 0.0816 e. The van der Waals surface area contributed by atoms with Crippen molar-refractivity contribution in [1.29, 1.82) is 0 Å². The molecule has 0 bridgehead atoms. The lowest BCUT2D eigenvalue weighted by atomic mass is 9.97. The molecule has 3 nitrogen and oxygen atoms in total. The Bertz CT molecular complexity index is 422. The lowest BCUT2D eigenvalue weighted by Crippen LogP contribution is -2.43. The van der Waals surface area contributed by atoms with Gasteiger partial charge in [0.2, 0.25) is 0 Å². The van der Waals surface area contributed by atoms with Crippen molar-refractivity contribution in [3.8, 4) is 0 Å². The molecule has 0 aliphatic carbocycles. The van der Waals surface area contributed by atoms with E-state index in [2.05, 4.69) is 24.0 Å². The quantitative estimate of drug-likeness (QED) is 0.818. The normalized spacial score (nSPS) is 21.6. The Morgan fingerprint density at radius 1 is 1.45 bits per heavy atom. The van der Waals surface area contributed by atoms with Gasteiger partial charge < -0.3 is 10.5 Å². The van der Waals surface area contributed by atoms with Gasteiger partial charge in [-0.15, -0.1) is 0 Å². The van der Waals surface area contributed by atoms with Crippen molar-refractivity contribution in [3.63, 3.8) is 0 Å². The molecule has 1 aliphatic heterocycles. The highest BCUT2D eigenvalue weighted by Gasteiger charge is 2.24. The molecule has 2 unspecified atom stereocenters. The van der Waals surface area contributed by atoms with Crippen molar-refractivity contribution >= 4 is 17.2 Å². The van der Waals surface area contributed by atoms with Crippen LogP contribution in [0, 0.1) is 0 Å². The second kappa shape index (κ2) is 7.72. The topological polar surface area (TPSA) is 38.5 Å². The highest BCUT2D eigenvalue weighted by molar-refractivity contribution is 7.80. The summed E-state index contributed by atoms with van der Waals surface area (Å²) in [5, 5.41) is 0. The molecule has 0 aromatic heterocycles. The molecule has 2 atom stereocenters. The first-order valence-corrected chi connectivity index (χ1v) is 7.79. The minimum Gasteiger partial charge on any atom is -0.393 e. The van der Waals surface area contributed by atoms with Gasteiger partial charge in [0.15, 0.2) is 0 Å². The Morgan fingerprint density at radius 3 is 2.85 bits per heavy atom. The highest BCUT2D eigenvalue weighted by Crippen LogP contribution is 2.21. The predicted molar refractivity (Wildman–Crippen MR) is 87.1 cm³/mol. The molecule has 0 amide bonds. The first-order valence-electron chi connectivity index (χ1n) is 7.39. The summed E-state index contributed by atoms with van der Waals surface area (Å²) in [7, 11) is 0. The van der Waals surface area contributed by atoms with Crippen LogP contribution in [0.2, 0.25) is 0 Å². The van der Waals surface area contributed by atoms with E-state index in [0.717, 1.165) is 32.7 Å². The van der Waals surface area contributed by atoms with Gasteiger partial charge in [-0.1, -0.05) is 42.5 Å². The van der Waals surface area contributed by atoms with Gasteiger partial charge in [-0.25, -0.2) is 0 Å². The number of hydrogen-bond donors (Lipinski definition) is 1. The number of likely N-dealkylation sites (tertiary alicyclic amines) is 1. The number of benzene rings is 1. The summed E-state index contributed by atoms with van der Waals surface area (Å²) in [6, 6.07) is 10.3. The molecule has 4 heteroatoms. The number of nitrogens with zero attached hydrogens (tertiary/aromatic N) is 1. The van der Waals surface area contributed by atoms with E-state index in [0.29, 0.717) is 11.1 Å². The molecule has 1 saturated heterocycles. The Morgan fingerprint density at radius 2 is 2.20 bits per heavy atom. The molecule has 2 rings (SSSR count). The van der Waals surface area contributed by atoms with Gasteiger partial charge in [-0.2, -0.15) is 0 Å². The summed E-state index contributed by atoms with van der Waals surface area (Å²) in [6.45, 7) is 5.83. The zero-order valence-electron chi connectivity index (χ0n) is 12.1. The van der Waals surface area contributed by atoms with E-state index >= 15 is 0 Å². The lowest BCUT2D eigenvalue weighted by molar-refractivity contribution is 0.00574. The number of rotatable bonds is 6. The van der Waals surface area contributed by atoms with Gasteiger partial charge in [-0.05, 0) is 31.9 Å². The van der Waals surface area contributed by atoms with E-state index in [1.165, 1.54) is 12.0 Å². The van der Waals surface area contributed by atoms with Crippen LogP contribution in [-0.4, -0.2) is 42.2 Å². The standard InChI is InChI=1S/C16H24N2OS/c1-2-19-14-9-6-10-18(11-14)12-15(16(17)20)13-7-4-3-5-8-13/h3-5,7-8,14-15H,2,6,9-12H2,1H3,(H2,17,20). The maximum Gasteiger partial charge on any atom is 0.0816 e. The van der Waals surface area contributed by atoms with Crippen LogP contribution in [0.5, 0.6) is 0 Å². The molecule has 0 spiro atoms. The minimum atomic E-state index is 0.131. The average molecular weight is 292 g/mol. The van der Waals surface area contributed by atoms with Gasteiger partial charge in [0.05, 0.1) is 11.1 Å². The number of nitrogens with two attached hydrogens (primary N) is 1. The fraction of sp³-hybridized carbons (Fsp3) is 0.562. The first-order chi connectivity index (χ1) is 9.70. The summed E-state index contributed by atoms with van der Waals surface area (Å²) in [4.78, 5) is 3.01. The Hall–Kier alpha value is -0.970. The van der Waals surface area contributed by atoms with Crippen LogP contribution in [0.1, 0.15) is 31.2 Å². The molecule has 0 radical (unpaired) electrons. The lowest BCUT2D eigenvalue weighted by Gasteiger charge is -2.34. The van der Waals surface area contributed by atoms with E-state index in [1.807, 2.05) is 18.2 Å². The molecule has 1 aliphatic rings. The molecule has 110 valence electrons.